The lowest BCUT2D eigenvalue weighted by Gasteiger charge is -2.35. The molecule has 0 bridgehead atoms. The maximum absolute atomic E-state index is 13.2. The second kappa shape index (κ2) is 6.71. The summed E-state index contributed by atoms with van der Waals surface area (Å²) in [6.45, 7) is 3.53. The average molecular weight is 307 g/mol. The number of carbonyl (C=O) groups excluding carboxylic acids is 1. The first-order valence-electron chi connectivity index (χ1n) is 7.82. The summed E-state index contributed by atoms with van der Waals surface area (Å²) in [5.41, 5.74) is 0.298. The van der Waals surface area contributed by atoms with E-state index in [9.17, 15) is 9.18 Å². The Morgan fingerprint density at radius 2 is 2.27 bits per heavy atom. The van der Waals surface area contributed by atoms with Crippen molar-refractivity contribution in [3.63, 3.8) is 0 Å². The van der Waals surface area contributed by atoms with E-state index in [4.69, 9.17) is 4.74 Å². The van der Waals surface area contributed by atoms with Crippen molar-refractivity contribution in [2.45, 2.75) is 18.9 Å². The number of aromatic nitrogens is 1. The van der Waals surface area contributed by atoms with Crippen molar-refractivity contribution in [2.24, 2.45) is 5.92 Å². The molecule has 0 spiro atoms. The maximum Gasteiger partial charge on any atom is 0.255 e. The van der Waals surface area contributed by atoms with Crippen LogP contribution in [-0.4, -0.2) is 66.6 Å². The van der Waals surface area contributed by atoms with Crippen molar-refractivity contribution in [3.8, 4) is 0 Å². The van der Waals surface area contributed by atoms with Crippen molar-refractivity contribution < 1.29 is 13.9 Å². The van der Waals surface area contributed by atoms with Crippen LogP contribution in [0.25, 0.3) is 0 Å². The van der Waals surface area contributed by atoms with E-state index in [1.165, 1.54) is 25.1 Å². The van der Waals surface area contributed by atoms with E-state index >= 15 is 0 Å². The molecular formula is C16H22FN3O2. The molecule has 1 saturated carbocycles. The molecule has 120 valence electrons. The minimum Gasteiger partial charge on any atom is -0.373 e. The van der Waals surface area contributed by atoms with E-state index in [0.29, 0.717) is 25.3 Å². The van der Waals surface area contributed by atoms with E-state index in [0.717, 1.165) is 25.2 Å². The molecule has 1 amide bonds. The van der Waals surface area contributed by atoms with Gasteiger partial charge in [-0.3, -0.25) is 9.78 Å². The SMILES string of the molecule is CN(CC1CC1)CC1CN(C(=O)c2cncc(F)c2)CCO1. The van der Waals surface area contributed by atoms with Gasteiger partial charge >= 0.3 is 0 Å². The Hall–Kier alpha value is -1.53. The minimum absolute atomic E-state index is 0.0166. The molecule has 0 radical (unpaired) electrons. The summed E-state index contributed by atoms with van der Waals surface area (Å²) in [6, 6.07) is 1.24. The van der Waals surface area contributed by atoms with E-state index in [1.807, 2.05) is 0 Å². The number of amides is 1. The standard InChI is InChI=1S/C16H22FN3O2/c1-19(9-12-2-3-12)10-15-11-20(4-5-22-15)16(21)13-6-14(17)8-18-7-13/h6-8,12,15H,2-5,9-11H2,1H3. The largest absolute Gasteiger partial charge is 0.373 e. The zero-order chi connectivity index (χ0) is 15.5. The summed E-state index contributed by atoms with van der Waals surface area (Å²) in [5, 5.41) is 0. The molecule has 2 heterocycles. The molecule has 2 aliphatic rings. The fraction of sp³-hybridized carbons (Fsp3) is 0.625. The number of pyridine rings is 1. The summed E-state index contributed by atoms with van der Waals surface area (Å²) in [7, 11) is 2.10. The molecular weight excluding hydrogens is 285 g/mol. The molecule has 1 aliphatic carbocycles. The molecule has 2 fully saturated rings. The second-order valence-corrected chi connectivity index (χ2v) is 6.30. The Morgan fingerprint density at radius 3 is 3.00 bits per heavy atom. The van der Waals surface area contributed by atoms with Gasteiger partial charge < -0.3 is 14.5 Å². The Kier molecular flexibility index (Phi) is 4.69. The van der Waals surface area contributed by atoms with Gasteiger partial charge in [0.05, 0.1) is 24.5 Å². The van der Waals surface area contributed by atoms with Gasteiger partial charge in [-0.1, -0.05) is 0 Å². The number of hydrogen-bond donors (Lipinski definition) is 0. The first kappa shape index (κ1) is 15.4. The lowest BCUT2D eigenvalue weighted by atomic mass is 10.2. The molecule has 1 atom stereocenters. The summed E-state index contributed by atoms with van der Waals surface area (Å²) < 4.78 is 19.0. The zero-order valence-corrected chi connectivity index (χ0v) is 12.9. The van der Waals surface area contributed by atoms with Gasteiger partial charge in [0.15, 0.2) is 0 Å². The molecule has 3 rings (SSSR count). The van der Waals surface area contributed by atoms with Gasteiger partial charge in [0.2, 0.25) is 0 Å². The topological polar surface area (TPSA) is 45.7 Å². The molecule has 6 heteroatoms. The Balaban J connectivity index is 1.56. The monoisotopic (exact) mass is 307 g/mol. The molecule has 5 nitrogen and oxygen atoms in total. The minimum atomic E-state index is -0.486. The Morgan fingerprint density at radius 1 is 1.45 bits per heavy atom. The van der Waals surface area contributed by atoms with Crippen LogP contribution in [0, 0.1) is 11.7 Å². The van der Waals surface area contributed by atoms with Crippen LogP contribution in [0.1, 0.15) is 23.2 Å². The predicted molar refractivity (Wildman–Crippen MR) is 80.1 cm³/mol. The van der Waals surface area contributed by atoms with Crippen LogP contribution in [0.2, 0.25) is 0 Å². The Bertz CT molecular complexity index is 536. The van der Waals surface area contributed by atoms with Crippen molar-refractivity contribution in [2.75, 3.05) is 39.8 Å². The highest BCUT2D eigenvalue weighted by Crippen LogP contribution is 2.29. The highest BCUT2D eigenvalue weighted by molar-refractivity contribution is 5.94. The number of likely N-dealkylation sites (N-methyl/N-ethyl adjacent to an activating group) is 1. The number of hydrogen-bond acceptors (Lipinski definition) is 4. The number of rotatable bonds is 5. The fourth-order valence-corrected chi connectivity index (χ4v) is 2.89. The van der Waals surface area contributed by atoms with Crippen LogP contribution in [0.15, 0.2) is 18.5 Å². The number of nitrogens with zero attached hydrogens (tertiary/aromatic N) is 3. The first-order chi connectivity index (χ1) is 10.6. The van der Waals surface area contributed by atoms with E-state index in [-0.39, 0.29) is 12.0 Å². The Labute approximate surface area is 130 Å². The second-order valence-electron chi connectivity index (χ2n) is 6.30. The van der Waals surface area contributed by atoms with Crippen LogP contribution in [0.4, 0.5) is 4.39 Å². The van der Waals surface area contributed by atoms with Gasteiger partial charge in [-0.15, -0.1) is 0 Å². The van der Waals surface area contributed by atoms with Gasteiger partial charge in [0, 0.05) is 32.4 Å². The summed E-state index contributed by atoms with van der Waals surface area (Å²) in [5.74, 6) is 0.176. The number of ether oxygens (including phenoxy) is 1. The molecule has 1 aliphatic heterocycles. The molecule has 1 saturated heterocycles. The van der Waals surface area contributed by atoms with E-state index in [2.05, 4.69) is 16.9 Å². The van der Waals surface area contributed by atoms with Gasteiger partial charge in [-0.25, -0.2) is 4.39 Å². The highest BCUT2D eigenvalue weighted by atomic mass is 19.1. The molecule has 0 aromatic carbocycles. The molecule has 1 aromatic rings. The van der Waals surface area contributed by atoms with E-state index < -0.39 is 5.82 Å². The first-order valence-corrected chi connectivity index (χ1v) is 7.82. The van der Waals surface area contributed by atoms with Crippen LogP contribution in [0.5, 0.6) is 0 Å². The molecule has 0 N–H and O–H groups in total. The van der Waals surface area contributed by atoms with Crippen LogP contribution in [0.3, 0.4) is 0 Å². The zero-order valence-electron chi connectivity index (χ0n) is 12.9. The van der Waals surface area contributed by atoms with Crippen molar-refractivity contribution in [3.05, 3.63) is 29.8 Å². The van der Waals surface area contributed by atoms with Gasteiger partial charge in [0.1, 0.15) is 5.82 Å². The van der Waals surface area contributed by atoms with Gasteiger partial charge in [-0.05, 0) is 31.9 Å². The summed E-state index contributed by atoms with van der Waals surface area (Å²) in [4.78, 5) is 20.2. The average Bonchev–Trinajstić information content (AvgIpc) is 3.30. The quantitative estimate of drug-likeness (QED) is 0.825. The normalized spacial score (nSPS) is 22.1. The van der Waals surface area contributed by atoms with Crippen LogP contribution in [-0.2, 0) is 4.74 Å². The highest BCUT2D eigenvalue weighted by Gasteiger charge is 2.28. The van der Waals surface area contributed by atoms with Gasteiger partial charge in [0.25, 0.3) is 5.91 Å². The smallest absolute Gasteiger partial charge is 0.255 e. The molecule has 1 unspecified atom stereocenters. The van der Waals surface area contributed by atoms with Gasteiger partial charge in [-0.2, -0.15) is 0 Å². The van der Waals surface area contributed by atoms with Crippen LogP contribution >= 0.6 is 0 Å². The summed E-state index contributed by atoms with van der Waals surface area (Å²) in [6.07, 6.45) is 5.18. The molecule has 1 aromatic heterocycles. The maximum atomic E-state index is 13.2. The van der Waals surface area contributed by atoms with Crippen LogP contribution < -0.4 is 0 Å². The van der Waals surface area contributed by atoms with E-state index in [1.54, 1.807) is 4.90 Å². The van der Waals surface area contributed by atoms with Crippen molar-refractivity contribution in [1.29, 1.82) is 0 Å². The lowest BCUT2D eigenvalue weighted by Crippen LogP contribution is -2.49. The lowest BCUT2D eigenvalue weighted by molar-refractivity contribution is -0.0334. The predicted octanol–water partition coefficient (Wildman–Crippen LogP) is 1.40. The fourth-order valence-electron chi connectivity index (χ4n) is 2.89. The third kappa shape index (κ3) is 4.01. The van der Waals surface area contributed by atoms with Crippen molar-refractivity contribution in [1.82, 2.24) is 14.8 Å². The third-order valence-electron chi connectivity index (χ3n) is 4.16. The number of carbonyl (C=O) groups is 1. The third-order valence-corrected chi connectivity index (χ3v) is 4.16. The molecule has 22 heavy (non-hydrogen) atoms. The summed E-state index contributed by atoms with van der Waals surface area (Å²) >= 11 is 0. The number of halogens is 1. The number of morpholine rings is 1. The van der Waals surface area contributed by atoms with Crippen molar-refractivity contribution >= 4 is 5.91 Å².